The van der Waals surface area contributed by atoms with E-state index in [1.807, 2.05) is 0 Å². The Morgan fingerprint density at radius 1 is 0.742 bits per heavy atom. The zero-order valence-electron chi connectivity index (χ0n) is 20.3. The number of esters is 3. The first-order valence-corrected chi connectivity index (χ1v) is 10.9. The molecule has 0 aromatic rings. The van der Waals surface area contributed by atoms with E-state index in [-0.39, 0.29) is 6.42 Å². The van der Waals surface area contributed by atoms with Gasteiger partial charge >= 0.3 is 23.9 Å². The lowest BCUT2D eigenvalue weighted by Crippen LogP contribution is -2.37. The highest BCUT2D eigenvalue weighted by Gasteiger charge is 2.34. The highest BCUT2D eigenvalue weighted by molar-refractivity contribution is 5.78. The highest BCUT2D eigenvalue weighted by atomic mass is 16.7. The second kappa shape index (κ2) is 12.7. The van der Waals surface area contributed by atoms with Gasteiger partial charge in [0.1, 0.15) is 6.10 Å². The minimum absolute atomic E-state index is 0.113. The third-order valence-electron chi connectivity index (χ3n) is 4.60. The van der Waals surface area contributed by atoms with E-state index in [2.05, 4.69) is 0 Å². The zero-order valence-corrected chi connectivity index (χ0v) is 20.3. The Morgan fingerprint density at radius 2 is 1.23 bits per heavy atom. The predicted octanol–water partition coefficient (Wildman–Crippen LogP) is 4.48. The van der Waals surface area contributed by atoms with Crippen LogP contribution in [0.15, 0.2) is 0 Å². The number of rotatable bonds is 12. The predicted molar refractivity (Wildman–Crippen MR) is 115 cm³/mol. The number of ether oxygens (including phenoxy) is 3. The van der Waals surface area contributed by atoms with Gasteiger partial charge in [-0.1, -0.05) is 19.3 Å². The summed E-state index contributed by atoms with van der Waals surface area (Å²) in [6.45, 7) is 13.4. The lowest BCUT2D eigenvalue weighted by molar-refractivity contribution is -0.196. The minimum Gasteiger partial charge on any atom is -0.481 e. The summed E-state index contributed by atoms with van der Waals surface area (Å²) in [7, 11) is 0. The van der Waals surface area contributed by atoms with E-state index in [1.165, 1.54) is 6.92 Å². The molecule has 0 saturated heterocycles. The fourth-order valence-electron chi connectivity index (χ4n) is 2.57. The SMILES string of the molecule is CC(OC(=O)C(CCCCCCC(=O)O)C(C)OC(=O)C(C)(C)C)OC(=O)C(C)(C)C. The summed E-state index contributed by atoms with van der Waals surface area (Å²) in [4.78, 5) is 47.7. The van der Waals surface area contributed by atoms with Crippen molar-refractivity contribution in [3.63, 3.8) is 0 Å². The van der Waals surface area contributed by atoms with Crippen LogP contribution in [0.25, 0.3) is 0 Å². The molecule has 0 radical (unpaired) electrons. The molecule has 0 heterocycles. The third kappa shape index (κ3) is 12.4. The molecule has 3 unspecified atom stereocenters. The Kier molecular flexibility index (Phi) is 11.8. The maximum absolute atomic E-state index is 12.8. The van der Waals surface area contributed by atoms with Crippen molar-refractivity contribution in [3.8, 4) is 0 Å². The number of carbonyl (C=O) groups excluding carboxylic acids is 3. The molecule has 0 aliphatic rings. The van der Waals surface area contributed by atoms with E-state index in [4.69, 9.17) is 19.3 Å². The Balaban J connectivity index is 5.01. The molecule has 0 rings (SSSR count). The first kappa shape index (κ1) is 28.9. The molecule has 0 saturated carbocycles. The normalized spacial score (nSPS) is 14.8. The van der Waals surface area contributed by atoms with Crippen LogP contribution in [0.4, 0.5) is 0 Å². The van der Waals surface area contributed by atoms with Gasteiger partial charge < -0.3 is 19.3 Å². The van der Waals surface area contributed by atoms with Gasteiger partial charge in [-0.3, -0.25) is 19.2 Å². The maximum Gasteiger partial charge on any atom is 0.315 e. The lowest BCUT2D eigenvalue weighted by atomic mass is 9.94. The van der Waals surface area contributed by atoms with E-state index in [9.17, 15) is 19.2 Å². The smallest absolute Gasteiger partial charge is 0.315 e. The second-order valence-electron chi connectivity index (χ2n) is 9.97. The van der Waals surface area contributed by atoms with Crippen LogP contribution >= 0.6 is 0 Å². The maximum atomic E-state index is 12.8. The van der Waals surface area contributed by atoms with Crippen LogP contribution in [-0.4, -0.2) is 41.4 Å². The van der Waals surface area contributed by atoms with Crippen LogP contribution in [0.2, 0.25) is 0 Å². The molecule has 0 aromatic carbocycles. The molecule has 0 aromatic heterocycles. The summed E-state index contributed by atoms with van der Waals surface area (Å²) < 4.78 is 16.0. The number of carboxylic acids is 1. The minimum atomic E-state index is -1.07. The van der Waals surface area contributed by atoms with E-state index in [0.717, 1.165) is 12.8 Å². The second-order valence-corrected chi connectivity index (χ2v) is 9.97. The molecule has 0 aliphatic carbocycles. The summed E-state index contributed by atoms with van der Waals surface area (Å²) in [6, 6.07) is 0. The van der Waals surface area contributed by atoms with Gasteiger partial charge in [-0.05, 0) is 61.3 Å². The van der Waals surface area contributed by atoms with E-state index in [0.29, 0.717) is 19.3 Å². The Morgan fingerprint density at radius 3 is 1.71 bits per heavy atom. The van der Waals surface area contributed by atoms with Crippen LogP contribution in [0, 0.1) is 16.7 Å². The third-order valence-corrected chi connectivity index (χ3v) is 4.60. The van der Waals surface area contributed by atoms with Crippen LogP contribution in [0.3, 0.4) is 0 Å². The van der Waals surface area contributed by atoms with Crippen LogP contribution in [0.5, 0.6) is 0 Å². The Bertz CT molecular complexity index is 612. The largest absolute Gasteiger partial charge is 0.481 e. The van der Waals surface area contributed by atoms with Crippen molar-refractivity contribution in [3.05, 3.63) is 0 Å². The van der Waals surface area contributed by atoms with E-state index in [1.54, 1.807) is 48.5 Å². The first-order valence-electron chi connectivity index (χ1n) is 10.9. The molecular formula is C23H40O8. The lowest BCUT2D eigenvalue weighted by Gasteiger charge is -2.27. The van der Waals surface area contributed by atoms with Crippen molar-refractivity contribution in [2.24, 2.45) is 16.7 Å². The van der Waals surface area contributed by atoms with Crippen LogP contribution in [0.1, 0.15) is 93.9 Å². The average molecular weight is 445 g/mol. The molecule has 8 heteroatoms. The molecule has 8 nitrogen and oxygen atoms in total. The van der Waals surface area contributed by atoms with Crippen molar-refractivity contribution in [2.45, 2.75) is 106 Å². The monoisotopic (exact) mass is 444 g/mol. The van der Waals surface area contributed by atoms with Gasteiger partial charge in [-0.25, -0.2) is 0 Å². The molecule has 0 spiro atoms. The summed E-state index contributed by atoms with van der Waals surface area (Å²) in [5, 5.41) is 8.70. The molecule has 180 valence electrons. The molecule has 1 N–H and O–H groups in total. The number of carbonyl (C=O) groups is 4. The zero-order chi connectivity index (χ0) is 24.4. The molecular weight excluding hydrogens is 404 g/mol. The molecule has 0 fully saturated rings. The number of hydrogen-bond acceptors (Lipinski definition) is 7. The highest BCUT2D eigenvalue weighted by Crippen LogP contribution is 2.24. The van der Waals surface area contributed by atoms with Crippen molar-refractivity contribution in [1.82, 2.24) is 0 Å². The van der Waals surface area contributed by atoms with Crippen LogP contribution in [-0.2, 0) is 33.4 Å². The van der Waals surface area contributed by atoms with Gasteiger partial charge in [0, 0.05) is 13.3 Å². The van der Waals surface area contributed by atoms with Crippen molar-refractivity contribution < 1.29 is 38.5 Å². The molecule has 0 bridgehead atoms. The van der Waals surface area contributed by atoms with Gasteiger partial charge in [-0.15, -0.1) is 0 Å². The number of hydrogen-bond donors (Lipinski definition) is 1. The average Bonchev–Trinajstić information content (AvgIpc) is 2.58. The number of unbranched alkanes of at least 4 members (excludes halogenated alkanes) is 3. The summed E-state index contributed by atoms with van der Waals surface area (Å²) in [6.07, 6.45) is 1.42. The Labute approximate surface area is 186 Å². The molecule has 31 heavy (non-hydrogen) atoms. The van der Waals surface area contributed by atoms with Crippen molar-refractivity contribution in [2.75, 3.05) is 0 Å². The number of carboxylic acid groups (broad SMARTS) is 1. The van der Waals surface area contributed by atoms with Gasteiger partial charge in [-0.2, -0.15) is 0 Å². The van der Waals surface area contributed by atoms with Gasteiger partial charge in [0.15, 0.2) is 0 Å². The molecule has 0 aliphatic heterocycles. The fraction of sp³-hybridized carbons (Fsp3) is 0.826. The Hall–Kier alpha value is -2.12. The topological polar surface area (TPSA) is 116 Å². The standard InChI is InChI=1S/C23H40O8/c1-15(29-20(27)22(3,4)5)17(13-11-9-10-12-14-18(24)25)19(26)30-16(2)31-21(28)23(6,7)8/h15-17H,9-14H2,1-8H3,(H,24,25). The fourth-order valence-corrected chi connectivity index (χ4v) is 2.57. The van der Waals surface area contributed by atoms with Crippen LogP contribution < -0.4 is 0 Å². The molecule has 0 amide bonds. The van der Waals surface area contributed by atoms with Gasteiger partial charge in [0.05, 0.1) is 16.7 Å². The van der Waals surface area contributed by atoms with Crippen molar-refractivity contribution in [1.29, 1.82) is 0 Å². The van der Waals surface area contributed by atoms with Crippen molar-refractivity contribution >= 4 is 23.9 Å². The van der Waals surface area contributed by atoms with Gasteiger partial charge in [0.25, 0.3) is 0 Å². The van der Waals surface area contributed by atoms with E-state index >= 15 is 0 Å². The summed E-state index contributed by atoms with van der Waals surface area (Å²) in [5.74, 6) is -3.07. The molecule has 3 atom stereocenters. The quantitative estimate of drug-likeness (QED) is 0.266. The first-order chi connectivity index (χ1) is 14.1. The van der Waals surface area contributed by atoms with E-state index < -0.39 is 53.0 Å². The van der Waals surface area contributed by atoms with Gasteiger partial charge in [0.2, 0.25) is 6.29 Å². The summed E-state index contributed by atoms with van der Waals surface area (Å²) >= 11 is 0. The number of aliphatic carboxylic acids is 1. The summed E-state index contributed by atoms with van der Waals surface area (Å²) in [5.41, 5.74) is -1.44.